The van der Waals surface area contributed by atoms with E-state index in [0.29, 0.717) is 30.1 Å². The van der Waals surface area contributed by atoms with E-state index in [9.17, 15) is 9.59 Å². The number of piperidine rings is 1. The van der Waals surface area contributed by atoms with Crippen LogP contribution < -0.4 is 5.76 Å². The van der Waals surface area contributed by atoms with Crippen LogP contribution in [0.15, 0.2) is 45.9 Å². The van der Waals surface area contributed by atoms with Gasteiger partial charge in [0.05, 0.1) is 16.9 Å². The summed E-state index contributed by atoms with van der Waals surface area (Å²) >= 11 is 0. The average Bonchev–Trinajstić information content (AvgIpc) is 2.97. The number of aromatic nitrogens is 3. The number of hydrogen-bond donors (Lipinski definition) is 0. The van der Waals surface area contributed by atoms with Crippen molar-refractivity contribution in [3.63, 3.8) is 0 Å². The molecule has 1 aliphatic rings. The Labute approximate surface area is 150 Å². The van der Waals surface area contributed by atoms with Crippen LogP contribution in [0.1, 0.15) is 30.1 Å². The number of hydrogen-bond acceptors (Lipinski definition) is 5. The van der Waals surface area contributed by atoms with Crippen LogP contribution in [0.5, 0.6) is 0 Å². The minimum Gasteiger partial charge on any atom is -0.408 e. The van der Waals surface area contributed by atoms with Gasteiger partial charge in [-0.05, 0) is 31.9 Å². The molecule has 7 heteroatoms. The molecular weight excluding hydrogens is 332 g/mol. The van der Waals surface area contributed by atoms with Gasteiger partial charge in [-0.1, -0.05) is 12.1 Å². The third-order valence-corrected chi connectivity index (χ3v) is 4.91. The molecule has 1 amide bonds. The maximum Gasteiger partial charge on any atom is 0.420 e. The van der Waals surface area contributed by atoms with E-state index in [0.717, 1.165) is 24.2 Å². The van der Waals surface area contributed by atoms with Gasteiger partial charge in [0, 0.05) is 31.4 Å². The van der Waals surface area contributed by atoms with Crippen LogP contribution in [0.2, 0.25) is 0 Å². The third kappa shape index (κ3) is 3.12. The SMILES string of the molecule is Cc1cncc(C2CCN(C(=O)Cn3c(=O)oc4ccccc43)CC2)n1. The number of rotatable bonds is 3. The molecule has 0 atom stereocenters. The molecule has 4 rings (SSSR count). The second-order valence-electron chi connectivity index (χ2n) is 6.66. The van der Waals surface area contributed by atoms with Crippen molar-refractivity contribution in [2.75, 3.05) is 13.1 Å². The summed E-state index contributed by atoms with van der Waals surface area (Å²) in [5.41, 5.74) is 3.05. The molecule has 2 aromatic heterocycles. The third-order valence-electron chi connectivity index (χ3n) is 4.91. The summed E-state index contributed by atoms with van der Waals surface area (Å²) in [6.45, 7) is 3.25. The highest BCUT2D eigenvalue weighted by Crippen LogP contribution is 2.26. The summed E-state index contributed by atoms with van der Waals surface area (Å²) in [7, 11) is 0. The van der Waals surface area contributed by atoms with Crippen LogP contribution in [0.4, 0.5) is 0 Å². The number of likely N-dealkylation sites (tertiary alicyclic amines) is 1. The van der Waals surface area contributed by atoms with Crippen molar-refractivity contribution < 1.29 is 9.21 Å². The molecular formula is C19H20N4O3. The fourth-order valence-electron chi connectivity index (χ4n) is 3.50. The van der Waals surface area contributed by atoms with Crippen molar-refractivity contribution >= 4 is 17.0 Å². The predicted molar refractivity (Wildman–Crippen MR) is 95.8 cm³/mol. The molecule has 134 valence electrons. The second kappa shape index (κ2) is 6.74. The van der Waals surface area contributed by atoms with Gasteiger partial charge < -0.3 is 9.32 Å². The monoisotopic (exact) mass is 352 g/mol. The van der Waals surface area contributed by atoms with Gasteiger partial charge >= 0.3 is 5.76 Å². The van der Waals surface area contributed by atoms with Crippen molar-refractivity contribution in [2.24, 2.45) is 0 Å². The van der Waals surface area contributed by atoms with Crippen LogP contribution in [0, 0.1) is 6.92 Å². The quantitative estimate of drug-likeness (QED) is 0.721. The summed E-state index contributed by atoms with van der Waals surface area (Å²) in [6, 6.07) is 7.14. The van der Waals surface area contributed by atoms with Crippen LogP contribution in [0.3, 0.4) is 0 Å². The molecule has 0 unspecified atom stereocenters. The van der Waals surface area contributed by atoms with E-state index >= 15 is 0 Å². The number of fused-ring (bicyclic) bond motifs is 1. The van der Waals surface area contributed by atoms with E-state index < -0.39 is 5.76 Å². The zero-order valence-corrected chi connectivity index (χ0v) is 14.6. The van der Waals surface area contributed by atoms with Crippen molar-refractivity contribution in [2.45, 2.75) is 32.2 Å². The minimum absolute atomic E-state index is 0.00473. The van der Waals surface area contributed by atoms with Gasteiger partial charge in [0.25, 0.3) is 0 Å². The van der Waals surface area contributed by atoms with Gasteiger partial charge in [-0.25, -0.2) is 4.79 Å². The van der Waals surface area contributed by atoms with E-state index in [1.54, 1.807) is 24.4 Å². The number of carbonyl (C=O) groups is 1. The van der Waals surface area contributed by atoms with Gasteiger partial charge in [0.1, 0.15) is 6.54 Å². The molecule has 7 nitrogen and oxygen atoms in total. The number of oxazole rings is 1. The Morgan fingerprint density at radius 1 is 1.23 bits per heavy atom. The lowest BCUT2D eigenvalue weighted by atomic mass is 9.93. The number of carbonyl (C=O) groups excluding carboxylic acids is 1. The van der Waals surface area contributed by atoms with Gasteiger partial charge in [-0.2, -0.15) is 0 Å². The van der Waals surface area contributed by atoms with E-state index in [2.05, 4.69) is 9.97 Å². The molecule has 1 aromatic carbocycles. The molecule has 1 fully saturated rings. The van der Waals surface area contributed by atoms with Crippen LogP contribution >= 0.6 is 0 Å². The largest absolute Gasteiger partial charge is 0.420 e. The lowest BCUT2D eigenvalue weighted by Gasteiger charge is -2.31. The number of aryl methyl sites for hydroxylation is 1. The summed E-state index contributed by atoms with van der Waals surface area (Å²) in [4.78, 5) is 35.3. The lowest BCUT2D eigenvalue weighted by molar-refractivity contribution is -0.132. The number of para-hydroxylation sites is 2. The highest BCUT2D eigenvalue weighted by Gasteiger charge is 2.25. The highest BCUT2D eigenvalue weighted by molar-refractivity contribution is 5.79. The summed E-state index contributed by atoms with van der Waals surface area (Å²) < 4.78 is 6.59. The fourth-order valence-corrected chi connectivity index (χ4v) is 3.50. The van der Waals surface area contributed by atoms with Gasteiger partial charge in [0.15, 0.2) is 5.58 Å². The zero-order chi connectivity index (χ0) is 18.1. The first-order valence-corrected chi connectivity index (χ1v) is 8.76. The Kier molecular flexibility index (Phi) is 4.28. The number of nitrogens with zero attached hydrogens (tertiary/aromatic N) is 4. The van der Waals surface area contributed by atoms with E-state index in [1.807, 2.05) is 24.1 Å². The molecule has 0 aliphatic carbocycles. The molecule has 3 heterocycles. The van der Waals surface area contributed by atoms with Crippen LogP contribution in [-0.2, 0) is 11.3 Å². The molecule has 0 bridgehead atoms. The molecule has 0 N–H and O–H groups in total. The normalized spacial score (nSPS) is 15.5. The van der Waals surface area contributed by atoms with Gasteiger partial charge in [-0.3, -0.25) is 19.3 Å². The molecule has 3 aromatic rings. The van der Waals surface area contributed by atoms with E-state index in [1.165, 1.54) is 4.57 Å². The summed E-state index contributed by atoms with van der Waals surface area (Å²) in [6.07, 6.45) is 5.26. The van der Waals surface area contributed by atoms with E-state index in [-0.39, 0.29) is 12.5 Å². The first kappa shape index (κ1) is 16.5. The topological polar surface area (TPSA) is 81.2 Å². The molecule has 1 saturated heterocycles. The average molecular weight is 352 g/mol. The van der Waals surface area contributed by atoms with Crippen molar-refractivity contribution in [3.05, 3.63) is 58.6 Å². The second-order valence-corrected chi connectivity index (χ2v) is 6.66. The minimum atomic E-state index is -0.496. The first-order valence-electron chi connectivity index (χ1n) is 8.76. The highest BCUT2D eigenvalue weighted by atomic mass is 16.4. The van der Waals surface area contributed by atoms with Crippen LogP contribution in [-0.4, -0.2) is 38.4 Å². The summed E-state index contributed by atoms with van der Waals surface area (Å²) in [5.74, 6) is -0.235. The van der Waals surface area contributed by atoms with E-state index in [4.69, 9.17) is 4.42 Å². The Hall–Kier alpha value is -2.96. The van der Waals surface area contributed by atoms with Crippen molar-refractivity contribution in [1.82, 2.24) is 19.4 Å². The molecule has 0 spiro atoms. The van der Waals surface area contributed by atoms with Crippen molar-refractivity contribution in [1.29, 1.82) is 0 Å². The maximum atomic E-state index is 12.7. The number of benzene rings is 1. The zero-order valence-electron chi connectivity index (χ0n) is 14.6. The first-order chi connectivity index (χ1) is 12.6. The fraction of sp³-hybridized carbons (Fsp3) is 0.368. The molecule has 1 aliphatic heterocycles. The van der Waals surface area contributed by atoms with Crippen LogP contribution in [0.25, 0.3) is 11.1 Å². The van der Waals surface area contributed by atoms with Gasteiger partial charge in [0.2, 0.25) is 5.91 Å². The Morgan fingerprint density at radius 3 is 2.77 bits per heavy atom. The number of amides is 1. The van der Waals surface area contributed by atoms with Crippen molar-refractivity contribution in [3.8, 4) is 0 Å². The molecule has 26 heavy (non-hydrogen) atoms. The lowest BCUT2D eigenvalue weighted by Crippen LogP contribution is -2.40. The standard InChI is InChI=1S/C19H20N4O3/c1-13-10-20-11-15(21-13)14-6-8-22(9-7-14)18(24)12-23-16-4-2-3-5-17(16)26-19(23)25/h2-5,10-11,14H,6-9,12H2,1H3. The predicted octanol–water partition coefficient (Wildman–Crippen LogP) is 2.10. The maximum absolute atomic E-state index is 12.7. The molecule has 0 saturated carbocycles. The smallest absolute Gasteiger partial charge is 0.408 e. The Bertz CT molecular complexity index is 999. The molecule has 0 radical (unpaired) electrons. The Balaban J connectivity index is 1.44. The summed E-state index contributed by atoms with van der Waals surface area (Å²) in [5, 5.41) is 0. The Morgan fingerprint density at radius 2 is 2.00 bits per heavy atom. The van der Waals surface area contributed by atoms with Gasteiger partial charge in [-0.15, -0.1) is 0 Å².